The van der Waals surface area contributed by atoms with Crippen LogP contribution in [-0.4, -0.2) is 4.98 Å². The third-order valence-electron chi connectivity index (χ3n) is 3.34. The Kier molecular flexibility index (Phi) is 2.73. The van der Waals surface area contributed by atoms with Crippen molar-refractivity contribution in [2.45, 2.75) is 44.4 Å². The van der Waals surface area contributed by atoms with Gasteiger partial charge in [-0.3, -0.25) is 4.98 Å². The molecule has 0 unspecified atom stereocenters. The number of nitriles is 1. The molecule has 0 atom stereocenters. The molecule has 1 aliphatic rings. The minimum Gasteiger partial charge on any atom is -0.263 e. The summed E-state index contributed by atoms with van der Waals surface area (Å²) >= 11 is 0. The Balaban J connectivity index is 2.18. The maximum atomic E-state index is 8.83. The van der Waals surface area contributed by atoms with E-state index in [0.717, 1.165) is 0 Å². The molecule has 1 fully saturated rings. The summed E-state index contributed by atoms with van der Waals surface area (Å²) in [7, 11) is 0. The van der Waals surface area contributed by atoms with Crippen LogP contribution in [0.1, 0.15) is 50.2 Å². The summed E-state index contributed by atoms with van der Waals surface area (Å²) in [6.07, 6.45) is 9.87. The number of pyridine rings is 1. The minimum absolute atomic E-state index is 0.371. The van der Waals surface area contributed by atoms with Crippen LogP contribution >= 0.6 is 0 Å². The van der Waals surface area contributed by atoms with E-state index in [9.17, 15) is 0 Å². The van der Waals surface area contributed by atoms with Crippen molar-refractivity contribution < 1.29 is 0 Å². The summed E-state index contributed by atoms with van der Waals surface area (Å²) in [5.41, 5.74) is 2.33. The molecule has 0 saturated heterocycles. The van der Waals surface area contributed by atoms with E-state index in [2.05, 4.69) is 18.0 Å². The van der Waals surface area contributed by atoms with Crippen LogP contribution in [0.4, 0.5) is 0 Å². The predicted molar refractivity (Wildman–Crippen MR) is 59.4 cm³/mol. The van der Waals surface area contributed by atoms with Crippen LogP contribution in [0.3, 0.4) is 0 Å². The van der Waals surface area contributed by atoms with Crippen LogP contribution in [-0.2, 0) is 5.41 Å². The van der Waals surface area contributed by atoms with E-state index >= 15 is 0 Å². The molecule has 0 amide bonds. The maximum Gasteiger partial charge on any atom is 0.101 e. The first-order valence-corrected chi connectivity index (χ1v) is 5.66. The van der Waals surface area contributed by atoms with Crippen LogP contribution in [0.5, 0.6) is 0 Å². The number of hydrogen-bond donors (Lipinski definition) is 0. The lowest BCUT2D eigenvalue weighted by atomic mass is 9.91. The SMILES string of the molecule is CCCCC1(c2cncc(C#N)c2)CC1. The van der Waals surface area contributed by atoms with Gasteiger partial charge in [-0.1, -0.05) is 19.8 Å². The monoisotopic (exact) mass is 200 g/mol. The van der Waals surface area contributed by atoms with Gasteiger partial charge in [0.1, 0.15) is 6.07 Å². The summed E-state index contributed by atoms with van der Waals surface area (Å²) in [6, 6.07) is 4.17. The fourth-order valence-electron chi connectivity index (χ4n) is 2.14. The van der Waals surface area contributed by atoms with Gasteiger partial charge in [-0.05, 0) is 36.3 Å². The molecule has 0 N–H and O–H groups in total. The first-order valence-electron chi connectivity index (χ1n) is 5.66. The number of rotatable bonds is 4. The third kappa shape index (κ3) is 2.02. The molecular formula is C13H16N2. The summed E-state index contributed by atoms with van der Waals surface area (Å²) in [4.78, 5) is 4.15. The summed E-state index contributed by atoms with van der Waals surface area (Å²) in [5.74, 6) is 0. The van der Waals surface area contributed by atoms with Gasteiger partial charge in [-0.2, -0.15) is 5.26 Å². The second-order valence-electron chi connectivity index (χ2n) is 4.46. The second kappa shape index (κ2) is 4.02. The Morgan fingerprint density at radius 1 is 1.47 bits per heavy atom. The first kappa shape index (κ1) is 10.2. The molecule has 1 aliphatic carbocycles. The van der Waals surface area contributed by atoms with Crippen LogP contribution in [0.25, 0.3) is 0 Å². The van der Waals surface area contributed by atoms with Gasteiger partial charge in [0.15, 0.2) is 0 Å². The average molecular weight is 200 g/mol. The van der Waals surface area contributed by atoms with Gasteiger partial charge in [-0.25, -0.2) is 0 Å². The van der Waals surface area contributed by atoms with Gasteiger partial charge >= 0.3 is 0 Å². The van der Waals surface area contributed by atoms with Crippen molar-refractivity contribution in [3.8, 4) is 6.07 Å². The second-order valence-corrected chi connectivity index (χ2v) is 4.46. The molecule has 0 bridgehead atoms. The highest BCUT2D eigenvalue weighted by molar-refractivity contribution is 5.36. The molecule has 15 heavy (non-hydrogen) atoms. The minimum atomic E-state index is 0.371. The highest BCUT2D eigenvalue weighted by Crippen LogP contribution is 2.51. The molecule has 0 radical (unpaired) electrons. The standard InChI is InChI=1S/C13H16N2/c1-2-3-4-13(5-6-13)12-7-11(8-14)9-15-10-12/h7,9-10H,2-6H2,1H3. The summed E-state index contributed by atoms with van der Waals surface area (Å²) < 4.78 is 0. The van der Waals surface area contributed by atoms with Crippen molar-refractivity contribution in [3.63, 3.8) is 0 Å². The quantitative estimate of drug-likeness (QED) is 0.748. The van der Waals surface area contributed by atoms with Crippen LogP contribution < -0.4 is 0 Å². The van der Waals surface area contributed by atoms with Crippen molar-refractivity contribution in [1.29, 1.82) is 5.26 Å². The zero-order valence-corrected chi connectivity index (χ0v) is 9.16. The lowest BCUT2D eigenvalue weighted by molar-refractivity contribution is 0.573. The highest BCUT2D eigenvalue weighted by Gasteiger charge is 2.43. The molecule has 0 spiro atoms. The zero-order valence-electron chi connectivity index (χ0n) is 9.16. The topological polar surface area (TPSA) is 36.7 Å². The van der Waals surface area contributed by atoms with Gasteiger partial charge in [0.25, 0.3) is 0 Å². The van der Waals surface area contributed by atoms with Gasteiger partial charge in [0.05, 0.1) is 5.56 Å². The van der Waals surface area contributed by atoms with E-state index in [4.69, 9.17) is 5.26 Å². The van der Waals surface area contributed by atoms with Crippen molar-refractivity contribution >= 4 is 0 Å². The summed E-state index contributed by atoms with van der Waals surface area (Å²) in [5, 5.41) is 8.83. The number of unbranched alkanes of at least 4 members (excludes halogenated alkanes) is 1. The van der Waals surface area contributed by atoms with Crippen molar-refractivity contribution in [2.24, 2.45) is 0 Å². The Labute approximate surface area is 91.0 Å². The van der Waals surface area contributed by atoms with E-state index in [0.29, 0.717) is 11.0 Å². The van der Waals surface area contributed by atoms with Crippen molar-refractivity contribution in [3.05, 3.63) is 29.6 Å². The molecule has 2 nitrogen and oxygen atoms in total. The smallest absolute Gasteiger partial charge is 0.101 e. The predicted octanol–water partition coefficient (Wildman–Crippen LogP) is 3.18. The van der Waals surface area contributed by atoms with Crippen LogP contribution in [0.2, 0.25) is 0 Å². The van der Waals surface area contributed by atoms with E-state index in [1.165, 1.54) is 37.7 Å². The Morgan fingerprint density at radius 3 is 2.87 bits per heavy atom. The first-order chi connectivity index (χ1) is 7.30. The molecular weight excluding hydrogens is 184 g/mol. The van der Waals surface area contributed by atoms with Crippen molar-refractivity contribution in [2.75, 3.05) is 0 Å². The maximum absolute atomic E-state index is 8.83. The third-order valence-corrected chi connectivity index (χ3v) is 3.34. The number of nitrogens with zero attached hydrogens (tertiary/aromatic N) is 2. The van der Waals surface area contributed by atoms with E-state index in [1.807, 2.05) is 12.3 Å². The Morgan fingerprint density at radius 2 is 2.27 bits per heavy atom. The Hall–Kier alpha value is -1.36. The highest BCUT2D eigenvalue weighted by atomic mass is 14.6. The molecule has 1 aromatic heterocycles. The molecule has 1 heterocycles. The fraction of sp³-hybridized carbons (Fsp3) is 0.538. The van der Waals surface area contributed by atoms with Gasteiger partial charge < -0.3 is 0 Å². The number of aromatic nitrogens is 1. The fourth-order valence-corrected chi connectivity index (χ4v) is 2.14. The molecule has 78 valence electrons. The molecule has 2 rings (SSSR count). The van der Waals surface area contributed by atoms with Gasteiger partial charge in [0, 0.05) is 12.4 Å². The zero-order chi connectivity index (χ0) is 10.7. The molecule has 1 aromatic rings. The van der Waals surface area contributed by atoms with Gasteiger partial charge in [-0.15, -0.1) is 0 Å². The van der Waals surface area contributed by atoms with E-state index in [-0.39, 0.29) is 0 Å². The molecule has 0 aliphatic heterocycles. The average Bonchev–Trinajstić information content (AvgIpc) is 3.08. The van der Waals surface area contributed by atoms with Crippen LogP contribution in [0.15, 0.2) is 18.5 Å². The molecule has 0 aromatic carbocycles. The van der Waals surface area contributed by atoms with Crippen LogP contribution in [0, 0.1) is 11.3 Å². The molecule has 2 heteroatoms. The van der Waals surface area contributed by atoms with Crippen molar-refractivity contribution in [1.82, 2.24) is 4.98 Å². The van der Waals surface area contributed by atoms with E-state index < -0.39 is 0 Å². The molecule has 1 saturated carbocycles. The normalized spacial score (nSPS) is 17.1. The lowest BCUT2D eigenvalue weighted by Gasteiger charge is -2.14. The van der Waals surface area contributed by atoms with Gasteiger partial charge in [0.2, 0.25) is 0 Å². The number of hydrogen-bond acceptors (Lipinski definition) is 2. The largest absolute Gasteiger partial charge is 0.263 e. The lowest BCUT2D eigenvalue weighted by Crippen LogP contribution is -2.07. The summed E-state index contributed by atoms with van der Waals surface area (Å²) in [6.45, 7) is 2.22. The Bertz CT molecular complexity index is 386. The van der Waals surface area contributed by atoms with E-state index in [1.54, 1.807) is 6.20 Å².